The average Bonchev–Trinajstić information content (AvgIpc) is 2.86. The number of nitrogens with zero attached hydrogens (tertiary/aromatic N) is 3. The molecule has 1 unspecified atom stereocenters. The number of pyridine rings is 1. The molecule has 2 heterocycles. The number of carbonyl (C=O) groups excluding carboxylic acids is 2. The molecule has 0 aromatic carbocycles. The Balaban J connectivity index is 2.18. The van der Waals surface area contributed by atoms with Crippen LogP contribution in [0.25, 0.3) is 0 Å². The van der Waals surface area contributed by atoms with Crippen LogP contribution in [-0.2, 0) is 4.79 Å². The van der Waals surface area contributed by atoms with Gasteiger partial charge in [-0.1, -0.05) is 0 Å². The van der Waals surface area contributed by atoms with E-state index in [9.17, 15) is 9.59 Å². The molecule has 2 amide bonds. The van der Waals surface area contributed by atoms with Gasteiger partial charge in [-0.25, -0.2) is 0 Å². The van der Waals surface area contributed by atoms with Gasteiger partial charge in [-0.3, -0.25) is 14.6 Å². The molecule has 1 aliphatic heterocycles. The lowest BCUT2D eigenvalue weighted by Gasteiger charge is -2.26. The quantitative estimate of drug-likeness (QED) is 0.800. The largest absolute Gasteiger partial charge is 0.347 e. The van der Waals surface area contributed by atoms with Crippen LogP contribution in [0.5, 0.6) is 0 Å². The van der Waals surface area contributed by atoms with Crippen LogP contribution in [0.1, 0.15) is 28.9 Å². The van der Waals surface area contributed by atoms with Crippen LogP contribution < -0.4 is 0 Å². The minimum atomic E-state index is -0.330. The van der Waals surface area contributed by atoms with Gasteiger partial charge in [-0.15, -0.1) is 0 Å². The summed E-state index contributed by atoms with van der Waals surface area (Å²) in [6, 6.07) is 3.25. The van der Waals surface area contributed by atoms with Crippen molar-refractivity contribution in [3.05, 3.63) is 29.6 Å². The van der Waals surface area contributed by atoms with Crippen molar-refractivity contribution in [2.45, 2.75) is 25.8 Å². The van der Waals surface area contributed by atoms with Crippen LogP contribution in [0.3, 0.4) is 0 Å². The number of aryl methyl sites for hydroxylation is 1. The van der Waals surface area contributed by atoms with Crippen molar-refractivity contribution in [2.24, 2.45) is 0 Å². The summed E-state index contributed by atoms with van der Waals surface area (Å²) in [6.45, 7) is 2.51. The molecule has 1 aliphatic rings. The highest BCUT2D eigenvalue weighted by Crippen LogP contribution is 2.21. The first-order valence-electron chi connectivity index (χ1n) is 6.45. The summed E-state index contributed by atoms with van der Waals surface area (Å²) >= 11 is 0. The summed E-state index contributed by atoms with van der Waals surface area (Å²) in [7, 11) is 3.44. The summed E-state index contributed by atoms with van der Waals surface area (Å²) in [5.74, 6) is -0.115. The number of hydrogen-bond acceptors (Lipinski definition) is 3. The molecule has 1 aromatic rings. The van der Waals surface area contributed by atoms with E-state index in [-0.39, 0.29) is 17.9 Å². The zero-order valence-corrected chi connectivity index (χ0v) is 11.6. The Kier molecular flexibility index (Phi) is 3.83. The first-order valence-corrected chi connectivity index (χ1v) is 6.45. The summed E-state index contributed by atoms with van der Waals surface area (Å²) in [4.78, 5) is 31.8. The van der Waals surface area contributed by atoms with Gasteiger partial charge in [0, 0.05) is 32.5 Å². The SMILES string of the molecule is Cc1ccc(C(=O)N2CCCC2C(=O)N(C)C)cn1. The Morgan fingerprint density at radius 1 is 1.37 bits per heavy atom. The van der Waals surface area contributed by atoms with E-state index in [0.717, 1.165) is 18.5 Å². The zero-order chi connectivity index (χ0) is 14.0. The molecule has 0 bridgehead atoms. The number of likely N-dealkylation sites (N-methyl/N-ethyl adjacent to an activating group) is 1. The second-order valence-electron chi connectivity index (χ2n) is 5.08. The van der Waals surface area contributed by atoms with Crippen LogP contribution in [-0.4, -0.2) is 53.3 Å². The monoisotopic (exact) mass is 261 g/mol. The molecule has 1 aromatic heterocycles. The Morgan fingerprint density at radius 3 is 2.68 bits per heavy atom. The van der Waals surface area contributed by atoms with E-state index < -0.39 is 0 Å². The minimum absolute atomic E-state index is 0.00841. The van der Waals surface area contributed by atoms with Crippen LogP contribution in [0.15, 0.2) is 18.3 Å². The molecule has 5 heteroatoms. The van der Waals surface area contributed by atoms with Crippen LogP contribution in [0, 0.1) is 6.92 Å². The molecule has 1 atom stereocenters. The van der Waals surface area contributed by atoms with E-state index in [1.807, 2.05) is 13.0 Å². The number of aromatic nitrogens is 1. The first-order chi connectivity index (χ1) is 9.00. The van der Waals surface area contributed by atoms with Gasteiger partial charge in [0.05, 0.1) is 5.56 Å². The molecule has 0 radical (unpaired) electrons. The topological polar surface area (TPSA) is 53.5 Å². The smallest absolute Gasteiger partial charge is 0.256 e. The highest BCUT2D eigenvalue weighted by Gasteiger charge is 2.35. The van der Waals surface area contributed by atoms with Crippen molar-refractivity contribution in [3.63, 3.8) is 0 Å². The van der Waals surface area contributed by atoms with Crippen molar-refractivity contribution in [2.75, 3.05) is 20.6 Å². The van der Waals surface area contributed by atoms with Crippen molar-refractivity contribution in [3.8, 4) is 0 Å². The Bertz CT molecular complexity index is 482. The lowest BCUT2D eigenvalue weighted by Crippen LogP contribution is -2.45. The van der Waals surface area contributed by atoms with E-state index in [1.54, 1.807) is 36.2 Å². The Labute approximate surface area is 113 Å². The van der Waals surface area contributed by atoms with Crippen molar-refractivity contribution >= 4 is 11.8 Å². The number of amides is 2. The number of rotatable bonds is 2. The van der Waals surface area contributed by atoms with Gasteiger partial charge < -0.3 is 9.80 Å². The second kappa shape index (κ2) is 5.38. The van der Waals surface area contributed by atoms with Crippen LogP contribution in [0.2, 0.25) is 0 Å². The molecule has 102 valence electrons. The fraction of sp³-hybridized carbons (Fsp3) is 0.500. The Hall–Kier alpha value is -1.91. The normalized spacial score (nSPS) is 18.5. The molecular formula is C14H19N3O2. The van der Waals surface area contributed by atoms with Crippen LogP contribution in [0.4, 0.5) is 0 Å². The molecular weight excluding hydrogens is 242 g/mol. The summed E-state index contributed by atoms with van der Waals surface area (Å²) in [5.41, 5.74) is 1.42. The zero-order valence-electron chi connectivity index (χ0n) is 11.6. The third kappa shape index (κ3) is 2.75. The van der Waals surface area contributed by atoms with Gasteiger partial charge in [-0.05, 0) is 31.9 Å². The minimum Gasteiger partial charge on any atom is -0.347 e. The van der Waals surface area contributed by atoms with Crippen LogP contribution >= 0.6 is 0 Å². The van der Waals surface area contributed by atoms with E-state index in [2.05, 4.69) is 4.98 Å². The van der Waals surface area contributed by atoms with Gasteiger partial charge >= 0.3 is 0 Å². The lowest BCUT2D eigenvalue weighted by molar-refractivity contribution is -0.132. The van der Waals surface area contributed by atoms with E-state index >= 15 is 0 Å². The summed E-state index contributed by atoms with van der Waals surface area (Å²) in [5, 5.41) is 0. The second-order valence-corrected chi connectivity index (χ2v) is 5.08. The molecule has 2 rings (SSSR count). The molecule has 0 N–H and O–H groups in total. The summed E-state index contributed by atoms with van der Waals surface area (Å²) < 4.78 is 0. The van der Waals surface area contributed by atoms with Crippen molar-refractivity contribution in [1.29, 1.82) is 0 Å². The van der Waals surface area contributed by atoms with E-state index in [1.165, 1.54) is 0 Å². The van der Waals surface area contributed by atoms with Gasteiger partial charge in [0.2, 0.25) is 5.91 Å². The maximum atomic E-state index is 12.4. The lowest BCUT2D eigenvalue weighted by atomic mass is 10.1. The van der Waals surface area contributed by atoms with Gasteiger partial charge in [0.15, 0.2) is 0 Å². The van der Waals surface area contributed by atoms with Gasteiger partial charge in [0.25, 0.3) is 5.91 Å². The standard InChI is InChI=1S/C14H19N3O2/c1-10-6-7-11(9-15-10)13(18)17-8-4-5-12(17)14(19)16(2)3/h6-7,9,12H,4-5,8H2,1-3H3. The highest BCUT2D eigenvalue weighted by molar-refractivity contribution is 5.97. The molecule has 0 aliphatic carbocycles. The molecule has 1 fully saturated rings. The molecule has 5 nitrogen and oxygen atoms in total. The summed E-state index contributed by atoms with van der Waals surface area (Å²) in [6.07, 6.45) is 3.19. The average molecular weight is 261 g/mol. The first kappa shape index (κ1) is 13.5. The molecule has 0 saturated carbocycles. The van der Waals surface area contributed by atoms with Gasteiger partial charge in [-0.2, -0.15) is 0 Å². The Morgan fingerprint density at radius 2 is 2.11 bits per heavy atom. The maximum Gasteiger partial charge on any atom is 0.256 e. The fourth-order valence-electron chi connectivity index (χ4n) is 2.32. The highest BCUT2D eigenvalue weighted by atomic mass is 16.2. The number of hydrogen-bond donors (Lipinski definition) is 0. The number of carbonyl (C=O) groups is 2. The van der Waals surface area contributed by atoms with Crippen molar-refractivity contribution in [1.82, 2.24) is 14.8 Å². The molecule has 1 saturated heterocycles. The van der Waals surface area contributed by atoms with E-state index in [4.69, 9.17) is 0 Å². The third-order valence-corrected chi connectivity index (χ3v) is 3.40. The van der Waals surface area contributed by atoms with Gasteiger partial charge in [0.1, 0.15) is 6.04 Å². The van der Waals surface area contributed by atoms with E-state index in [0.29, 0.717) is 12.1 Å². The predicted octanol–water partition coefficient (Wildman–Crippen LogP) is 1.08. The number of likely N-dealkylation sites (tertiary alicyclic amines) is 1. The third-order valence-electron chi connectivity index (χ3n) is 3.40. The molecule has 0 spiro atoms. The predicted molar refractivity (Wildman–Crippen MR) is 71.7 cm³/mol. The maximum absolute atomic E-state index is 12.4. The fourth-order valence-corrected chi connectivity index (χ4v) is 2.32. The van der Waals surface area contributed by atoms with Crippen molar-refractivity contribution < 1.29 is 9.59 Å². The molecule has 19 heavy (non-hydrogen) atoms.